The fraction of sp³-hybridized carbons (Fsp3) is 0.923. The van der Waals surface area contributed by atoms with Crippen LogP contribution in [0.5, 0.6) is 0 Å². The highest BCUT2D eigenvalue weighted by molar-refractivity contribution is 5.73. The van der Waals surface area contributed by atoms with Gasteiger partial charge in [0.25, 0.3) is 0 Å². The Morgan fingerprint density at radius 2 is 2.00 bits per heavy atom. The summed E-state index contributed by atoms with van der Waals surface area (Å²) in [6.45, 7) is 6.72. The molecule has 0 amide bonds. The summed E-state index contributed by atoms with van der Waals surface area (Å²) in [4.78, 5) is 10.9. The number of hydrogen-bond acceptors (Lipinski definition) is 2. The van der Waals surface area contributed by atoms with Crippen molar-refractivity contribution in [3.63, 3.8) is 0 Å². The normalized spacial score (nSPS) is 26.7. The first-order valence-corrected chi connectivity index (χ1v) is 6.24. The summed E-state index contributed by atoms with van der Waals surface area (Å²) in [5.41, 5.74) is -0.766. The van der Waals surface area contributed by atoms with Gasteiger partial charge in [0.2, 0.25) is 0 Å². The molecule has 16 heavy (non-hydrogen) atoms. The lowest BCUT2D eigenvalue weighted by Gasteiger charge is -2.29. The maximum absolute atomic E-state index is 10.9. The average molecular weight is 228 g/mol. The van der Waals surface area contributed by atoms with Crippen molar-refractivity contribution in [3.05, 3.63) is 0 Å². The van der Waals surface area contributed by atoms with Gasteiger partial charge in [-0.25, -0.2) is 0 Å². The smallest absolute Gasteiger partial charge is 0.311 e. The molecule has 0 radical (unpaired) electrons. The van der Waals surface area contributed by atoms with Gasteiger partial charge in [0.05, 0.1) is 12.0 Å². The van der Waals surface area contributed by atoms with E-state index in [-0.39, 0.29) is 0 Å². The van der Waals surface area contributed by atoms with Gasteiger partial charge in [-0.05, 0) is 32.1 Å². The van der Waals surface area contributed by atoms with E-state index < -0.39 is 11.4 Å². The third-order valence-electron chi connectivity index (χ3n) is 3.66. The molecule has 1 fully saturated rings. The van der Waals surface area contributed by atoms with Crippen molar-refractivity contribution in [1.29, 1.82) is 0 Å². The molecule has 0 aliphatic heterocycles. The van der Waals surface area contributed by atoms with Gasteiger partial charge >= 0.3 is 5.97 Å². The second kappa shape index (κ2) is 5.67. The Morgan fingerprint density at radius 3 is 2.56 bits per heavy atom. The highest BCUT2D eigenvalue weighted by atomic mass is 16.5. The lowest BCUT2D eigenvalue weighted by molar-refractivity contribution is -0.150. The molecule has 0 aromatic heterocycles. The first-order valence-electron chi connectivity index (χ1n) is 6.24. The molecule has 0 bridgehead atoms. The number of carbonyl (C=O) groups is 1. The molecular formula is C13H24O3. The Balaban J connectivity index is 2.26. The lowest BCUT2D eigenvalue weighted by Crippen LogP contribution is -2.31. The summed E-state index contributed by atoms with van der Waals surface area (Å²) >= 11 is 0. The van der Waals surface area contributed by atoms with Crippen LogP contribution in [-0.2, 0) is 9.53 Å². The van der Waals surface area contributed by atoms with Gasteiger partial charge in [-0.2, -0.15) is 0 Å². The van der Waals surface area contributed by atoms with Crippen molar-refractivity contribution >= 4 is 5.97 Å². The van der Waals surface area contributed by atoms with Crippen molar-refractivity contribution in [2.75, 3.05) is 13.2 Å². The van der Waals surface area contributed by atoms with E-state index in [2.05, 4.69) is 6.92 Å². The molecule has 2 unspecified atom stereocenters. The monoisotopic (exact) mass is 228 g/mol. The van der Waals surface area contributed by atoms with Crippen LogP contribution in [0.15, 0.2) is 0 Å². The predicted octanol–water partition coefficient (Wildman–Crippen LogP) is 2.94. The molecule has 0 aromatic rings. The minimum Gasteiger partial charge on any atom is -0.481 e. The molecule has 1 saturated carbocycles. The third kappa shape index (κ3) is 3.78. The van der Waals surface area contributed by atoms with E-state index in [4.69, 9.17) is 9.84 Å². The van der Waals surface area contributed by atoms with Crippen LogP contribution < -0.4 is 0 Å². The number of carboxylic acids is 1. The minimum absolute atomic E-state index is 0.311. The van der Waals surface area contributed by atoms with E-state index in [1.54, 1.807) is 13.8 Å². The predicted molar refractivity (Wildman–Crippen MR) is 63.4 cm³/mol. The van der Waals surface area contributed by atoms with Crippen LogP contribution >= 0.6 is 0 Å². The van der Waals surface area contributed by atoms with Crippen LogP contribution in [0.4, 0.5) is 0 Å². The Morgan fingerprint density at radius 1 is 1.38 bits per heavy atom. The van der Waals surface area contributed by atoms with Gasteiger partial charge in [0, 0.05) is 6.61 Å². The number of hydrogen-bond donors (Lipinski definition) is 1. The quantitative estimate of drug-likeness (QED) is 0.787. The Kier molecular flexibility index (Phi) is 4.78. The zero-order valence-electron chi connectivity index (χ0n) is 10.7. The molecule has 0 heterocycles. The molecular weight excluding hydrogens is 204 g/mol. The highest BCUT2D eigenvalue weighted by Crippen LogP contribution is 2.30. The SMILES string of the molecule is CC1CCCCC1COCC(C)(C)C(=O)O. The Hall–Kier alpha value is -0.570. The number of ether oxygens (including phenoxy) is 1. The molecule has 0 saturated heterocycles. The van der Waals surface area contributed by atoms with E-state index >= 15 is 0 Å². The van der Waals surface area contributed by atoms with Gasteiger partial charge in [0.1, 0.15) is 0 Å². The molecule has 3 nitrogen and oxygen atoms in total. The van der Waals surface area contributed by atoms with E-state index in [0.717, 1.165) is 12.5 Å². The summed E-state index contributed by atoms with van der Waals surface area (Å²) in [5, 5.41) is 8.95. The van der Waals surface area contributed by atoms with Crippen LogP contribution in [0.3, 0.4) is 0 Å². The summed E-state index contributed by atoms with van der Waals surface area (Å²) < 4.78 is 5.59. The van der Waals surface area contributed by atoms with Crippen LogP contribution in [0, 0.1) is 17.3 Å². The van der Waals surface area contributed by atoms with Gasteiger partial charge in [0.15, 0.2) is 0 Å². The molecule has 1 rings (SSSR count). The maximum atomic E-state index is 10.9. The van der Waals surface area contributed by atoms with Crippen molar-refractivity contribution in [3.8, 4) is 0 Å². The van der Waals surface area contributed by atoms with Crippen LogP contribution in [0.1, 0.15) is 46.5 Å². The van der Waals surface area contributed by atoms with E-state index in [1.165, 1.54) is 25.7 Å². The zero-order chi connectivity index (χ0) is 12.2. The molecule has 94 valence electrons. The molecule has 2 atom stereocenters. The van der Waals surface area contributed by atoms with Gasteiger partial charge in [-0.3, -0.25) is 4.79 Å². The molecule has 1 aliphatic carbocycles. The van der Waals surface area contributed by atoms with E-state index in [1.807, 2.05) is 0 Å². The van der Waals surface area contributed by atoms with Gasteiger partial charge < -0.3 is 9.84 Å². The highest BCUT2D eigenvalue weighted by Gasteiger charge is 2.28. The zero-order valence-corrected chi connectivity index (χ0v) is 10.7. The summed E-state index contributed by atoms with van der Waals surface area (Å²) in [7, 11) is 0. The standard InChI is InChI=1S/C13H24O3/c1-10-6-4-5-7-11(10)8-16-9-13(2,3)12(14)15/h10-11H,4-9H2,1-3H3,(H,14,15). The Bertz CT molecular complexity index is 235. The maximum Gasteiger partial charge on any atom is 0.311 e. The number of aliphatic carboxylic acids is 1. The lowest BCUT2D eigenvalue weighted by atomic mass is 9.81. The molecule has 3 heteroatoms. The van der Waals surface area contributed by atoms with Crippen LogP contribution in [0.25, 0.3) is 0 Å². The summed E-state index contributed by atoms with van der Waals surface area (Å²) in [6, 6.07) is 0. The molecule has 1 aliphatic rings. The van der Waals surface area contributed by atoms with Crippen molar-refractivity contribution in [2.45, 2.75) is 46.5 Å². The first kappa shape index (κ1) is 13.5. The second-order valence-corrected chi connectivity index (χ2v) is 5.73. The van der Waals surface area contributed by atoms with Crippen LogP contribution in [0.2, 0.25) is 0 Å². The average Bonchev–Trinajstić information content (AvgIpc) is 2.20. The summed E-state index contributed by atoms with van der Waals surface area (Å²) in [6.07, 6.45) is 5.14. The van der Waals surface area contributed by atoms with E-state index in [0.29, 0.717) is 12.5 Å². The first-order chi connectivity index (χ1) is 7.43. The largest absolute Gasteiger partial charge is 0.481 e. The van der Waals surface area contributed by atoms with Gasteiger partial charge in [-0.15, -0.1) is 0 Å². The summed E-state index contributed by atoms with van der Waals surface area (Å²) in [5.74, 6) is 0.559. The van der Waals surface area contributed by atoms with Crippen molar-refractivity contribution in [2.24, 2.45) is 17.3 Å². The molecule has 0 spiro atoms. The van der Waals surface area contributed by atoms with Gasteiger partial charge in [-0.1, -0.05) is 26.2 Å². The van der Waals surface area contributed by atoms with Crippen molar-refractivity contribution in [1.82, 2.24) is 0 Å². The fourth-order valence-electron chi connectivity index (χ4n) is 2.17. The topological polar surface area (TPSA) is 46.5 Å². The molecule has 1 N–H and O–H groups in total. The fourth-order valence-corrected chi connectivity index (χ4v) is 2.17. The van der Waals surface area contributed by atoms with Crippen LogP contribution in [-0.4, -0.2) is 24.3 Å². The third-order valence-corrected chi connectivity index (χ3v) is 3.66. The number of carboxylic acid groups (broad SMARTS) is 1. The van der Waals surface area contributed by atoms with Crippen molar-refractivity contribution < 1.29 is 14.6 Å². The Labute approximate surface area is 98.2 Å². The molecule has 0 aromatic carbocycles. The number of rotatable bonds is 5. The van der Waals surface area contributed by atoms with E-state index in [9.17, 15) is 4.79 Å². The minimum atomic E-state index is -0.788. The second-order valence-electron chi connectivity index (χ2n) is 5.73.